The highest BCUT2D eigenvalue weighted by atomic mass is 32.1. The number of thiazole rings is 1. The number of hydrogen-bond acceptors (Lipinski definition) is 4. The summed E-state index contributed by atoms with van der Waals surface area (Å²) in [5.74, 6) is -0.0820. The van der Waals surface area contributed by atoms with E-state index < -0.39 is 5.97 Å². The molecule has 1 N–H and O–H groups in total. The number of hydrogen-bond donors (Lipinski definition) is 1. The van der Waals surface area contributed by atoms with Gasteiger partial charge in [0.15, 0.2) is 0 Å². The van der Waals surface area contributed by atoms with Crippen molar-refractivity contribution in [2.45, 2.75) is 38.6 Å². The summed E-state index contributed by atoms with van der Waals surface area (Å²) < 4.78 is 0. The monoisotopic (exact) mass is 268 g/mol. The average Bonchev–Trinajstić information content (AvgIpc) is 2.90. The van der Waals surface area contributed by atoms with Crippen LogP contribution in [0.15, 0.2) is 11.7 Å². The van der Waals surface area contributed by atoms with Crippen LogP contribution < -0.4 is 0 Å². The Hall–Kier alpha value is -0.940. The molecule has 1 aliphatic rings. The van der Waals surface area contributed by atoms with E-state index in [4.69, 9.17) is 5.11 Å². The number of piperidine rings is 1. The van der Waals surface area contributed by atoms with Gasteiger partial charge in [0.25, 0.3) is 0 Å². The summed E-state index contributed by atoms with van der Waals surface area (Å²) in [6.07, 6.45) is 5.34. The summed E-state index contributed by atoms with van der Waals surface area (Å²) in [6.45, 7) is 4.37. The Bertz CT molecular complexity index is 372. The fourth-order valence-electron chi connectivity index (χ4n) is 2.57. The van der Waals surface area contributed by atoms with E-state index in [1.54, 1.807) is 11.3 Å². The van der Waals surface area contributed by atoms with E-state index in [1.165, 1.54) is 4.88 Å². The maximum absolute atomic E-state index is 10.6. The number of carboxylic acids is 1. The summed E-state index contributed by atoms with van der Waals surface area (Å²) in [6, 6.07) is 0.443. The zero-order chi connectivity index (χ0) is 13.0. The molecule has 0 aromatic carbocycles. The van der Waals surface area contributed by atoms with Gasteiger partial charge in [0, 0.05) is 23.5 Å². The molecule has 1 aliphatic heterocycles. The van der Waals surface area contributed by atoms with Crippen LogP contribution in [-0.4, -0.2) is 34.0 Å². The molecule has 18 heavy (non-hydrogen) atoms. The van der Waals surface area contributed by atoms with Gasteiger partial charge >= 0.3 is 5.97 Å². The van der Waals surface area contributed by atoms with E-state index in [1.807, 2.05) is 11.7 Å². The van der Waals surface area contributed by atoms with Crippen molar-refractivity contribution in [3.63, 3.8) is 0 Å². The molecule has 0 radical (unpaired) electrons. The van der Waals surface area contributed by atoms with Crippen molar-refractivity contribution in [3.05, 3.63) is 16.6 Å². The summed E-state index contributed by atoms with van der Waals surface area (Å²) in [7, 11) is 0. The van der Waals surface area contributed by atoms with Crippen molar-refractivity contribution in [2.24, 2.45) is 5.92 Å². The Labute approximate surface area is 112 Å². The fourth-order valence-corrected chi connectivity index (χ4v) is 3.28. The summed E-state index contributed by atoms with van der Waals surface area (Å²) in [4.78, 5) is 18.5. The first-order valence-corrected chi connectivity index (χ1v) is 7.39. The van der Waals surface area contributed by atoms with Crippen molar-refractivity contribution in [3.8, 4) is 0 Å². The van der Waals surface area contributed by atoms with Crippen LogP contribution in [0.2, 0.25) is 0 Å². The molecule has 0 aliphatic carbocycles. The first-order valence-electron chi connectivity index (χ1n) is 6.51. The fraction of sp³-hybridized carbons (Fsp3) is 0.692. The lowest BCUT2D eigenvalue weighted by molar-refractivity contribution is -0.137. The highest BCUT2D eigenvalue weighted by molar-refractivity contribution is 7.09. The van der Waals surface area contributed by atoms with Crippen molar-refractivity contribution in [1.29, 1.82) is 0 Å². The molecule has 1 atom stereocenters. The first kappa shape index (κ1) is 13.5. The number of rotatable bonds is 5. The van der Waals surface area contributed by atoms with Crippen LogP contribution in [0.25, 0.3) is 0 Å². The predicted molar refractivity (Wildman–Crippen MR) is 71.7 cm³/mol. The van der Waals surface area contributed by atoms with Gasteiger partial charge in [0.05, 0.1) is 5.51 Å². The minimum absolute atomic E-state index is 0.315. The molecule has 0 spiro atoms. The van der Waals surface area contributed by atoms with Gasteiger partial charge in [-0.2, -0.15) is 0 Å². The van der Waals surface area contributed by atoms with Crippen molar-refractivity contribution >= 4 is 17.3 Å². The normalized spacial score (nSPS) is 19.8. The Balaban J connectivity index is 1.78. The Morgan fingerprint density at radius 2 is 2.33 bits per heavy atom. The van der Waals surface area contributed by atoms with Crippen LogP contribution in [0, 0.1) is 5.92 Å². The third kappa shape index (κ3) is 3.53. The second kappa shape index (κ2) is 6.29. The Morgan fingerprint density at radius 3 is 2.89 bits per heavy atom. The van der Waals surface area contributed by atoms with E-state index >= 15 is 0 Å². The average molecular weight is 268 g/mol. The van der Waals surface area contributed by atoms with Gasteiger partial charge in [-0.3, -0.25) is 14.7 Å². The summed E-state index contributed by atoms with van der Waals surface area (Å²) >= 11 is 1.71. The molecule has 100 valence electrons. The van der Waals surface area contributed by atoms with Gasteiger partial charge in [-0.25, -0.2) is 0 Å². The van der Waals surface area contributed by atoms with Crippen molar-refractivity contribution in [1.82, 2.24) is 9.88 Å². The molecular weight excluding hydrogens is 248 g/mol. The van der Waals surface area contributed by atoms with E-state index in [9.17, 15) is 4.79 Å². The molecule has 2 rings (SSSR count). The molecule has 1 aromatic rings. The predicted octanol–water partition coefficient (Wildman–Crippen LogP) is 2.78. The maximum atomic E-state index is 10.6. The standard InChI is InChI=1S/C13H20N2O2S/c1-10(12-8-14-9-18-12)15-6-4-11(5-7-15)2-3-13(16)17/h8-11H,2-7H2,1H3,(H,16,17). The molecule has 1 fully saturated rings. The van der Waals surface area contributed by atoms with Crippen LogP contribution in [0.1, 0.15) is 43.5 Å². The molecule has 1 aromatic heterocycles. The number of likely N-dealkylation sites (tertiary alicyclic amines) is 1. The maximum Gasteiger partial charge on any atom is 0.303 e. The van der Waals surface area contributed by atoms with Crippen LogP contribution in [0.5, 0.6) is 0 Å². The highest BCUT2D eigenvalue weighted by Gasteiger charge is 2.24. The van der Waals surface area contributed by atoms with E-state index in [0.29, 0.717) is 18.4 Å². The quantitative estimate of drug-likeness (QED) is 0.892. The third-order valence-corrected chi connectivity index (χ3v) is 4.77. The summed E-state index contributed by atoms with van der Waals surface area (Å²) in [5, 5.41) is 8.69. The van der Waals surface area contributed by atoms with Gasteiger partial charge in [0.2, 0.25) is 0 Å². The molecule has 2 heterocycles. The van der Waals surface area contributed by atoms with Gasteiger partial charge in [-0.1, -0.05) is 0 Å². The van der Waals surface area contributed by atoms with Gasteiger partial charge in [-0.05, 0) is 45.2 Å². The lowest BCUT2D eigenvalue weighted by Gasteiger charge is -2.35. The number of nitrogens with zero attached hydrogens (tertiary/aromatic N) is 2. The van der Waals surface area contributed by atoms with Crippen LogP contribution in [0.3, 0.4) is 0 Å². The highest BCUT2D eigenvalue weighted by Crippen LogP contribution is 2.29. The van der Waals surface area contributed by atoms with Crippen LogP contribution in [0.4, 0.5) is 0 Å². The number of carboxylic acid groups (broad SMARTS) is 1. The van der Waals surface area contributed by atoms with E-state index in [-0.39, 0.29) is 0 Å². The second-order valence-corrected chi connectivity index (χ2v) is 5.91. The number of aromatic nitrogens is 1. The molecular formula is C13H20N2O2S. The minimum Gasteiger partial charge on any atom is -0.481 e. The number of aliphatic carboxylic acids is 1. The smallest absolute Gasteiger partial charge is 0.303 e. The SMILES string of the molecule is CC(c1cncs1)N1CCC(CCC(=O)O)CC1. The van der Waals surface area contributed by atoms with Crippen LogP contribution in [-0.2, 0) is 4.79 Å². The largest absolute Gasteiger partial charge is 0.481 e. The topological polar surface area (TPSA) is 53.4 Å². The zero-order valence-electron chi connectivity index (χ0n) is 10.7. The third-order valence-electron chi connectivity index (χ3n) is 3.83. The van der Waals surface area contributed by atoms with Crippen molar-refractivity contribution in [2.75, 3.05) is 13.1 Å². The van der Waals surface area contributed by atoms with E-state index in [0.717, 1.165) is 32.4 Å². The molecule has 1 saturated heterocycles. The summed E-state index contributed by atoms with van der Waals surface area (Å²) in [5.41, 5.74) is 1.88. The Kier molecular flexibility index (Phi) is 4.72. The van der Waals surface area contributed by atoms with Gasteiger partial charge < -0.3 is 5.11 Å². The molecule has 4 nitrogen and oxygen atoms in total. The number of carbonyl (C=O) groups is 1. The zero-order valence-corrected chi connectivity index (χ0v) is 11.5. The Morgan fingerprint density at radius 1 is 1.61 bits per heavy atom. The minimum atomic E-state index is -0.671. The van der Waals surface area contributed by atoms with Gasteiger partial charge in [-0.15, -0.1) is 11.3 Å². The lowest BCUT2D eigenvalue weighted by atomic mass is 9.91. The molecule has 1 unspecified atom stereocenters. The van der Waals surface area contributed by atoms with Gasteiger partial charge in [0.1, 0.15) is 0 Å². The molecule has 0 saturated carbocycles. The second-order valence-electron chi connectivity index (χ2n) is 4.99. The molecule has 5 heteroatoms. The molecule has 0 amide bonds. The lowest BCUT2D eigenvalue weighted by Crippen LogP contribution is -2.35. The van der Waals surface area contributed by atoms with Crippen molar-refractivity contribution < 1.29 is 9.90 Å². The first-order chi connectivity index (χ1) is 8.66. The van der Waals surface area contributed by atoms with Crippen LogP contribution >= 0.6 is 11.3 Å². The molecule has 0 bridgehead atoms. The van der Waals surface area contributed by atoms with E-state index in [2.05, 4.69) is 16.8 Å².